The monoisotopic (exact) mass is 1240 g/mol. The van der Waals surface area contributed by atoms with Crippen LogP contribution in [0, 0.1) is 0 Å². The van der Waals surface area contributed by atoms with Gasteiger partial charge < -0.3 is 42.6 Å². The number of hydrogen-bond donors (Lipinski definition) is 0. The third-order valence-corrected chi connectivity index (χ3v) is 11.4. The number of nitrogens with zero attached hydrogens (tertiary/aromatic N) is 6. The largest absolute Gasteiger partial charge is 0.460 e. The summed E-state index contributed by atoms with van der Waals surface area (Å²) in [5.74, 6) is -5.94. The minimum Gasteiger partial charge on any atom is -0.460 e. The maximum Gasteiger partial charge on any atom is 0.365 e. The molecule has 0 N–H and O–H groups in total. The first-order valence-corrected chi connectivity index (χ1v) is 27.1. The minimum absolute atomic E-state index is 0.0255. The van der Waals surface area contributed by atoms with Crippen molar-refractivity contribution in [3.05, 3.63) is 101 Å². The summed E-state index contributed by atoms with van der Waals surface area (Å²) in [6.07, 6.45) is 7.74. The van der Waals surface area contributed by atoms with Gasteiger partial charge in [-0.3, -0.25) is 39.1 Å². The van der Waals surface area contributed by atoms with Crippen molar-refractivity contribution in [3.8, 4) is 0 Å². The fourth-order valence-corrected chi connectivity index (χ4v) is 6.64. The molecule has 31 heteroatoms. The summed E-state index contributed by atoms with van der Waals surface area (Å²) < 4.78 is 50.3. The normalized spacial score (nSPS) is 12.5. The van der Waals surface area contributed by atoms with Crippen LogP contribution in [0.15, 0.2) is 101 Å². The first-order valence-electron chi connectivity index (χ1n) is 27.1. The van der Waals surface area contributed by atoms with E-state index in [2.05, 4.69) is 57.5 Å². The van der Waals surface area contributed by atoms with Crippen molar-refractivity contribution in [1.29, 1.82) is 0 Å². The van der Waals surface area contributed by atoms with Crippen LogP contribution in [0.3, 0.4) is 0 Å². The zero-order valence-electron chi connectivity index (χ0n) is 50.4. The highest BCUT2D eigenvalue weighted by Crippen LogP contribution is 2.12. The van der Waals surface area contributed by atoms with E-state index in [1.807, 2.05) is 28.5 Å². The van der Waals surface area contributed by atoms with Crippen LogP contribution in [0.25, 0.3) is 0 Å². The highest BCUT2D eigenvalue weighted by molar-refractivity contribution is 5.83. The van der Waals surface area contributed by atoms with Gasteiger partial charge >= 0.3 is 47.8 Å². The second-order valence-electron chi connectivity index (χ2n) is 17.9. The zero-order chi connectivity index (χ0) is 65.0. The molecular formula is C56H88N6O25. The Bertz CT molecular complexity index is 1860. The van der Waals surface area contributed by atoms with Crippen LogP contribution in [-0.2, 0) is 120 Å². The molecule has 0 fully saturated rings. The van der Waals surface area contributed by atoms with E-state index >= 15 is 0 Å². The Morgan fingerprint density at radius 2 is 0.494 bits per heavy atom. The van der Waals surface area contributed by atoms with E-state index in [0.29, 0.717) is 19.6 Å². The van der Waals surface area contributed by atoms with Gasteiger partial charge in [-0.15, -0.1) is 0 Å². The van der Waals surface area contributed by atoms with Gasteiger partial charge in [-0.2, -0.15) is 19.6 Å². The molecule has 0 heterocycles. The van der Waals surface area contributed by atoms with Gasteiger partial charge in [0.2, 0.25) is 0 Å². The molecule has 0 saturated heterocycles. The lowest BCUT2D eigenvalue weighted by Crippen LogP contribution is -2.50. The summed E-state index contributed by atoms with van der Waals surface area (Å²) in [7, 11) is 0. The summed E-state index contributed by atoms with van der Waals surface area (Å²) in [5.41, 5.74) is 0. The number of esters is 4. The van der Waals surface area contributed by atoms with Crippen molar-refractivity contribution >= 4 is 47.8 Å². The van der Waals surface area contributed by atoms with Crippen LogP contribution in [0.1, 0.15) is 27.7 Å². The van der Waals surface area contributed by atoms with Crippen molar-refractivity contribution < 1.29 is 120 Å². The molecule has 0 radical (unpaired) electrons. The SMILES string of the molecule is C=CC(=O)OCCOCN(COCCOC(=O)C=C)C(C)CN(CCOCCN(CC(C)N(COOC(=O)C=C)COOC(=O)C=C)CC(C)N(COOC(=O)C=C)COOC(=O)C=C)CC(C)N(COCCOC(=O)C=C)COCCOC(=O)C=C. The Morgan fingerprint density at radius 3 is 0.701 bits per heavy atom. The molecule has 0 saturated carbocycles. The van der Waals surface area contributed by atoms with Gasteiger partial charge in [0, 0.05) is 112 Å². The Hall–Kier alpha value is -6.92. The molecule has 0 rings (SSSR count). The van der Waals surface area contributed by atoms with E-state index in [1.165, 1.54) is 9.80 Å². The number of carbonyl (C=O) groups is 8. The van der Waals surface area contributed by atoms with Gasteiger partial charge in [0.15, 0.2) is 0 Å². The number of rotatable bonds is 58. The molecule has 492 valence electrons. The van der Waals surface area contributed by atoms with Crippen molar-refractivity contribution in [2.45, 2.75) is 51.9 Å². The van der Waals surface area contributed by atoms with Crippen molar-refractivity contribution in [2.75, 3.05) is 159 Å². The minimum atomic E-state index is -0.873. The van der Waals surface area contributed by atoms with Crippen LogP contribution in [0.5, 0.6) is 0 Å². The molecule has 4 unspecified atom stereocenters. The molecule has 0 aliphatic carbocycles. The molecule has 0 bridgehead atoms. The molecule has 0 spiro atoms. The Balaban J connectivity index is 7.07. The van der Waals surface area contributed by atoms with Crippen LogP contribution in [0.4, 0.5) is 0 Å². The fraction of sp³-hybridized carbons (Fsp3) is 0.571. The Labute approximate surface area is 508 Å². The third kappa shape index (κ3) is 42.6. The van der Waals surface area contributed by atoms with Gasteiger partial charge in [0.25, 0.3) is 0 Å². The second-order valence-corrected chi connectivity index (χ2v) is 17.9. The molecule has 0 aliphatic heterocycles. The van der Waals surface area contributed by atoms with Gasteiger partial charge in [-0.25, -0.2) is 48.2 Å². The summed E-state index contributed by atoms with van der Waals surface area (Å²) in [6.45, 7) is 35.2. The highest BCUT2D eigenvalue weighted by atomic mass is 17.2. The summed E-state index contributed by atoms with van der Waals surface area (Å²) in [4.78, 5) is 145. The molecule has 0 aromatic rings. The number of ether oxygens (including phenoxy) is 9. The first kappa shape index (κ1) is 80.1. The third-order valence-electron chi connectivity index (χ3n) is 11.4. The van der Waals surface area contributed by atoms with Crippen molar-refractivity contribution in [1.82, 2.24) is 29.4 Å². The maximum absolute atomic E-state index is 11.8. The highest BCUT2D eigenvalue weighted by Gasteiger charge is 2.26. The van der Waals surface area contributed by atoms with Gasteiger partial charge in [-0.1, -0.05) is 52.6 Å². The maximum atomic E-state index is 11.8. The molecule has 0 aromatic carbocycles. The van der Waals surface area contributed by atoms with Crippen LogP contribution in [-0.4, -0.2) is 261 Å². The summed E-state index contributed by atoms with van der Waals surface area (Å²) in [6, 6.07) is -1.67. The van der Waals surface area contributed by atoms with E-state index in [4.69, 9.17) is 81.7 Å². The average Bonchev–Trinajstić information content (AvgIpc) is 3.55. The lowest BCUT2D eigenvalue weighted by atomic mass is 10.2. The van der Waals surface area contributed by atoms with Gasteiger partial charge in [0.05, 0.1) is 39.6 Å². The fourth-order valence-electron chi connectivity index (χ4n) is 6.64. The lowest BCUT2D eigenvalue weighted by Gasteiger charge is -2.37. The molecule has 4 atom stereocenters. The average molecular weight is 1250 g/mol. The Kier molecular flexibility index (Phi) is 48.1. The Morgan fingerprint density at radius 1 is 0.287 bits per heavy atom. The van der Waals surface area contributed by atoms with Crippen molar-refractivity contribution in [2.24, 2.45) is 0 Å². The van der Waals surface area contributed by atoms with Gasteiger partial charge in [-0.05, 0) is 27.7 Å². The first-order chi connectivity index (χ1) is 41.8. The van der Waals surface area contributed by atoms with Gasteiger partial charge in [0.1, 0.15) is 80.3 Å². The van der Waals surface area contributed by atoms with E-state index in [-0.39, 0.29) is 152 Å². The molecule has 0 amide bonds. The molecule has 87 heavy (non-hydrogen) atoms. The van der Waals surface area contributed by atoms with E-state index in [0.717, 1.165) is 48.6 Å². The van der Waals surface area contributed by atoms with E-state index in [9.17, 15) is 38.4 Å². The predicted octanol–water partition coefficient (Wildman–Crippen LogP) is 1.66. The second kappa shape index (κ2) is 52.2. The molecular weight excluding hydrogens is 1160 g/mol. The molecule has 31 nitrogen and oxygen atoms in total. The van der Waals surface area contributed by atoms with E-state index < -0.39 is 59.8 Å². The smallest absolute Gasteiger partial charge is 0.365 e. The van der Waals surface area contributed by atoms with Crippen LogP contribution < -0.4 is 0 Å². The predicted molar refractivity (Wildman–Crippen MR) is 306 cm³/mol. The van der Waals surface area contributed by atoms with E-state index in [1.54, 1.807) is 13.8 Å². The summed E-state index contributed by atoms with van der Waals surface area (Å²) in [5, 5.41) is 0. The quantitative estimate of drug-likeness (QED) is 0.0159. The van der Waals surface area contributed by atoms with Crippen molar-refractivity contribution in [3.63, 3.8) is 0 Å². The molecule has 0 aliphatic rings. The van der Waals surface area contributed by atoms with Crippen LogP contribution in [0.2, 0.25) is 0 Å². The standard InChI is InChI=1S/C56H88N6O25/c1-13-49(63)76-29-25-72-37-59(38-73-26-30-77-50(64)14-2)45(9)33-57(34-46(10)60(39-74-27-31-78-51(65)15-3)40-75-28-32-79-52(66)16-4)21-23-71-24-22-58(35-47(11)61(41-80-84-53(67)17-5)42-81-85-54(68)18-6)36-48(12)62(43-82-86-55(69)19-7)44-83-87-56(70)20-8/h13-20,45-48H,1-8,21-44H2,9-12H3. The van der Waals surface area contributed by atoms with Crippen LogP contribution >= 0.6 is 0 Å². The summed E-state index contributed by atoms with van der Waals surface area (Å²) >= 11 is 0. The lowest BCUT2D eigenvalue weighted by molar-refractivity contribution is -0.325. The number of carbonyl (C=O) groups excluding carboxylic acids is 8. The molecule has 0 aromatic heterocycles. The number of hydrogen-bond acceptors (Lipinski definition) is 31. The zero-order valence-corrected chi connectivity index (χ0v) is 50.4. The topological polar surface area (TPSA) is 313 Å².